The van der Waals surface area contributed by atoms with Crippen LogP contribution in [0.25, 0.3) is 0 Å². The summed E-state index contributed by atoms with van der Waals surface area (Å²) in [5.74, 6) is 5.87. The minimum Gasteiger partial charge on any atom is -0.347 e. The Balaban J connectivity index is 1.73. The Hall–Kier alpha value is -0.460. The van der Waals surface area contributed by atoms with Gasteiger partial charge < -0.3 is 10.2 Å². The van der Waals surface area contributed by atoms with Gasteiger partial charge in [0.2, 0.25) is 5.95 Å². The number of anilines is 1. The molecule has 4 nitrogen and oxygen atoms in total. The van der Waals surface area contributed by atoms with Crippen LogP contribution >= 0.6 is 23.5 Å². The third kappa shape index (κ3) is 3.85. The zero-order valence-corrected chi connectivity index (χ0v) is 14.5. The molecule has 1 aromatic heterocycles. The van der Waals surface area contributed by atoms with Gasteiger partial charge in [0.05, 0.1) is 5.69 Å². The molecule has 1 aliphatic carbocycles. The number of aromatic nitrogens is 2. The Morgan fingerprint density at radius 1 is 1.24 bits per heavy atom. The Bertz CT molecular complexity index is 473. The number of nitrogens with zero attached hydrogens (tertiary/aromatic N) is 3. The summed E-state index contributed by atoms with van der Waals surface area (Å²) in [5, 5.41) is 3.87. The summed E-state index contributed by atoms with van der Waals surface area (Å²) in [5.41, 5.74) is 2.57. The summed E-state index contributed by atoms with van der Waals surface area (Å²) in [4.78, 5) is 11.2. The lowest BCUT2D eigenvalue weighted by Crippen LogP contribution is -2.38. The molecular formula is C15H24N4S2. The first kappa shape index (κ1) is 15.4. The number of rotatable bonds is 3. The summed E-state index contributed by atoms with van der Waals surface area (Å²) in [6.07, 6.45) is 5.57. The van der Waals surface area contributed by atoms with Gasteiger partial charge in [-0.1, -0.05) is 0 Å². The lowest BCUT2D eigenvalue weighted by molar-refractivity contribution is 0.423. The fourth-order valence-electron chi connectivity index (χ4n) is 2.92. The van der Waals surface area contributed by atoms with Crippen LogP contribution in [0.15, 0.2) is 6.20 Å². The van der Waals surface area contributed by atoms with E-state index in [1.54, 1.807) is 0 Å². The Morgan fingerprint density at radius 3 is 2.71 bits per heavy atom. The van der Waals surface area contributed by atoms with E-state index < -0.39 is 0 Å². The van der Waals surface area contributed by atoms with Crippen molar-refractivity contribution in [3.8, 4) is 0 Å². The molecule has 0 saturated carbocycles. The Morgan fingerprint density at radius 2 is 2.00 bits per heavy atom. The van der Waals surface area contributed by atoms with E-state index >= 15 is 0 Å². The van der Waals surface area contributed by atoms with Gasteiger partial charge in [-0.2, -0.15) is 23.5 Å². The van der Waals surface area contributed by atoms with Crippen LogP contribution in [0.2, 0.25) is 0 Å². The van der Waals surface area contributed by atoms with Crippen molar-refractivity contribution in [2.24, 2.45) is 0 Å². The number of hydrogen-bond acceptors (Lipinski definition) is 6. The molecule has 0 aromatic carbocycles. The molecule has 1 N–H and O–H groups in total. The molecule has 1 saturated heterocycles. The Labute approximate surface area is 135 Å². The normalized spacial score (nSPS) is 23.4. The van der Waals surface area contributed by atoms with Crippen LogP contribution in [-0.2, 0) is 6.42 Å². The number of fused-ring (bicyclic) bond motifs is 1. The maximum absolute atomic E-state index is 4.74. The molecule has 2 aliphatic rings. The largest absolute Gasteiger partial charge is 0.347 e. The van der Waals surface area contributed by atoms with Crippen molar-refractivity contribution in [2.45, 2.75) is 31.3 Å². The van der Waals surface area contributed by atoms with Crippen LogP contribution in [0.1, 0.15) is 30.1 Å². The minimum absolute atomic E-state index is 0.439. The first-order valence-electron chi connectivity index (χ1n) is 7.68. The molecule has 0 bridgehead atoms. The molecule has 1 aliphatic heterocycles. The molecule has 3 rings (SSSR count). The van der Waals surface area contributed by atoms with Crippen LogP contribution in [0.5, 0.6) is 0 Å². The highest BCUT2D eigenvalue weighted by atomic mass is 32.2. The van der Waals surface area contributed by atoms with Gasteiger partial charge in [0.1, 0.15) is 0 Å². The third-order valence-electron chi connectivity index (χ3n) is 4.02. The van der Waals surface area contributed by atoms with E-state index in [2.05, 4.69) is 33.8 Å². The van der Waals surface area contributed by atoms with Gasteiger partial charge in [0, 0.05) is 61.0 Å². The second-order valence-electron chi connectivity index (χ2n) is 5.92. The molecule has 1 atom stereocenters. The van der Waals surface area contributed by atoms with E-state index in [1.165, 1.54) is 47.1 Å². The van der Waals surface area contributed by atoms with Gasteiger partial charge in [-0.05, 0) is 19.3 Å². The van der Waals surface area contributed by atoms with Crippen LogP contribution < -0.4 is 10.2 Å². The molecule has 6 heteroatoms. The van der Waals surface area contributed by atoms with Crippen molar-refractivity contribution in [3.05, 3.63) is 17.5 Å². The topological polar surface area (TPSA) is 41.1 Å². The SMILES string of the molecule is CN(C)c1ncc2c(n1)CCC[C@@H]2NC1CSCCSC1. The number of thioether (sulfide) groups is 2. The van der Waals surface area contributed by atoms with E-state index in [4.69, 9.17) is 4.98 Å². The first-order valence-corrected chi connectivity index (χ1v) is 9.99. The van der Waals surface area contributed by atoms with Gasteiger partial charge in [0.15, 0.2) is 0 Å². The molecule has 1 fully saturated rings. The lowest BCUT2D eigenvalue weighted by atomic mass is 9.92. The summed E-state index contributed by atoms with van der Waals surface area (Å²) in [7, 11) is 4.00. The fraction of sp³-hybridized carbons (Fsp3) is 0.733. The molecule has 21 heavy (non-hydrogen) atoms. The van der Waals surface area contributed by atoms with Crippen LogP contribution in [0.3, 0.4) is 0 Å². The number of hydrogen-bond donors (Lipinski definition) is 1. The average molecular weight is 325 g/mol. The predicted octanol–water partition coefficient (Wildman–Crippen LogP) is 2.36. The predicted molar refractivity (Wildman–Crippen MR) is 93.6 cm³/mol. The maximum Gasteiger partial charge on any atom is 0.225 e. The zero-order valence-electron chi connectivity index (χ0n) is 12.8. The molecule has 2 heterocycles. The molecular weight excluding hydrogens is 300 g/mol. The van der Waals surface area contributed by atoms with Gasteiger partial charge in [-0.15, -0.1) is 0 Å². The second-order valence-corrected chi connectivity index (χ2v) is 8.22. The van der Waals surface area contributed by atoms with Gasteiger partial charge in [0.25, 0.3) is 0 Å². The third-order valence-corrected chi connectivity index (χ3v) is 6.54. The van der Waals surface area contributed by atoms with E-state index in [1.807, 2.05) is 25.2 Å². The van der Waals surface area contributed by atoms with Crippen LogP contribution in [-0.4, -0.2) is 53.1 Å². The van der Waals surface area contributed by atoms with Crippen LogP contribution in [0.4, 0.5) is 5.95 Å². The highest BCUT2D eigenvalue weighted by molar-refractivity contribution is 8.03. The van der Waals surface area contributed by atoms with E-state index in [0.717, 1.165) is 12.4 Å². The summed E-state index contributed by atoms with van der Waals surface area (Å²) in [6, 6.07) is 1.06. The molecule has 0 unspecified atom stereocenters. The van der Waals surface area contributed by atoms with Crippen molar-refractivity contribution in [1.82, 2.24) is 15.3 Å². The van der Waals surface area contributed by atoms with Crippen molar-refractivity contribution < 1.29 is 0 Å². The quantitative estimate of drug-likeness (QED) is 0.920. The summed E-state index contributed by atoms with van der Waals surface area (Å²) in [6.45, 7) is 0. The highest BCUT2D eigenvalue weighted by Gasteiger charge is 2.25. The van der Waals surface area contributed by atoms with E-state index in [-0.39, 0.29) is 0 Å². The molecule has 0 spiro atoms. The lowest BCUT2D eigenvalue weighted by Gasteiger charge is -2.29. The van der Waals surface area contributed by atoms with Crippen molar-refractivity contribution >= 4 is 29.5 Å². The van der Waals surface area contributed by atoms with Crippen molar-refractivity contribution in [1.29, 1.82) is 0 Å². The number of nitrogens with one attached hydrogen (secondary N) is 1. The molecule has 0 radical (unpaired) electrons. The van der Waals surface area contributed by atoms with Crippen molar-refractivity contribution in [2.75, 3.05) is 42.0 Å². The van der Waals surface area contributed by atoms with Gasteiger partial charge in [-0.25, -0.2) is 9.97 Å². The van der Waals surface area contributed by atoms with E-state index in [9.17, 15) is 0 Å². The van der Waals surface area contributed by atoms with Gasteiger partial charge >= 0.3 is 0 Å². The molecule has 1 aromatic rings. The molecule has 0 amide bonds. The first-order chi connectivity index (χ1) is 10.2. The summed E-state index contributed by atoms with van der Waals surface area (Å²) >= 11 is 4.16. The number of aryl methyl sites for hydroxylation is 1. The van der Waals surface area contributed by atoms with E-state index in [0.29, 0.717) is 12.1 Å². The maximum atomic E-state index is 4.74. The highest BCUT2D eigenvalue weighted by Crippen LogP contribution is 2.30. The average Bonchev–Trinajstić information content (AvgIpc) is 2.75. The smallest absolute Gasteiger partial charge is 0.225 e. The standard InChI is InChI=1S/C15H24N4S2/c1-19(2)15-16-8-12-13(4-3-5-14(12)18-15)17-11-9-20-6-7-21-10-11/h8,11,13,17H,3-7,9-10H2,1-2H3/t13-/m0/s1. The monoisotopic (exact) mass is 324 g/mol. The fourth-order valence-corrected chi connectivity index (χ4v) is 5.35. The summed E-state index contributed by atoms with van der Waals surface area (Å²) < 4.78 is 0. The van der Waals surface area contributed by atoms with Crippen molar-refractivity contribution in [3.63, 3.8) is 0 Å². The second kappa shape index (κ2) is 7.20. The minimum atomic E-state index is 0.439. The van der Waals surface area contributed by atoms with Crippen LogP contribution in [0, 0.1) is 0 Å². The zero-order chi connectivity index (χ0) is 14.7. The molecule has 116 valence electrons. The Kier molecular flexibility index (Phi) is 5.29. The van der Waals surface area contributed by atoms with Gasteiger partial charge in [-0.3, -0.25) is 0 Å².